The molecule has 2 aromatic rings. The van der Waals surface area contributed by atoms with Crippen molar-refractivity contribution in [2.24, 2.45) is 4.99 Å². The number of aliphatic imine (C=N–C) groups is 1. The van der Waals surface area contributed by atoms with Crippen LogP contribution in [0.2, 0.25) is 0 Å². The summed E-state index contributed by atoms with van der Waals surface area (Å²) in [5, 5.41) is 9.55. The SMILES string of the molecule is CCNC(=NCc1cccc(C(=O)NC)c1)NC1CCN(c2ccc(C)cc2)C1. The van der Waals surface area contributed by atoms with Gasteiger partial charge in [-0.25, -0.2) is 4.99 Å². The number of anilines is 1. The highest BCUT2D eigenvalue weighted by atomic mass is 16.1. The van der Waals surface area contributed by atoms with E-state index in [0.717, 1.165) is 37.6 Å². The Hall–Kier alpha value is -3.02. The first-order valence-corrected chi connectivity index (χ1v) is 10.3. The van der Waals surface area contributed by atoms with Crippen molar-refractivity contribution in [2.75, 3.05) is 31.6 Å². The van der Waals surface area contributed by atoms with Gasteiger partial charge in [-0.1, -0.05) is 29.8 Å². The Bertz CT molecular complexity index is 847. The Morgan fingerprint density at radius 1 is 1.21 bits per heavy atom. The quantitative estimate of drug-likeness (QED) is 0.521. The highest BCUT2D eigenvalue weighted by Gasteiger charge is 2.23. The fraction of sp³-hybridized carbons (Fsp3) is 0.391. The van der Waals surface area contributed by atoms with Crippen LogP contribution in [0.15, 0.2) is 53.5 Å². The van der Waals surface area contributed by atoms with Gasteiger partial charge in [0.05, 0.1) is 6.54 Å². The number of rotatable bonds is 6. The maximum Gasteiger partial charge on any atom is 0.251 e. The van der Waals surface area contributed by atoms with Crippen LogP contribution in [0, 0.1) is 6.92 Å². The van der Waals surface area contributed by atoms with Crippen molar-refractivity contribution in [2.45, 2.75) is 32.9 Å². The summed E-state index contributed by atoms with van der Waals surface area (Å²) < 4.78 is 0. The Balaban J connectivity index is 1.61. The van der Waals surface area contributed by atoms with E-state index in [0.29, 0.717) is 18.2 Å². The van der Waals surface area contributed by atoms with Crippen molar-refractivity contribution in [3.05, 3.63) is 65.2 Å². The van der Waals surface area contributed by atoms with Gasteiger partial charge in [0.25, 0.3) is 5.91 Å². The molecule has 1 fully saturated rings. The van der Waals surface area contributed by atoms with Crippen LogP contribution >= 0.6 is 0 Å². The van der Waals surface area contributed by atoms with E-state index >= 15 is 0 Å². The molecular weight excluding hydrogens is 362 g/mol. The van der Waals surface area contributed by atoms with Crippen LogP contribution in [0.4, 0.5) is 5.69 Å². The molecule has 0 spiro atoms. The second-order valence-electron chi connectivity index (χ2n) is 7.39. The van der Waals surface area contributed by atoms with Crippen molar-refractivity contribution >= 4 is 17.6 Å². The van der Waals surface area contributed by atoms with Crippen LogP contribution in [0.1, 0.15) is 34.8 Å². The molecule has 2 aromatic carbocycles. The number of guanidine groups is 1. The molecule has 1 heterocycles. The fourth-order valence-electron chi connectivity index (χ4n) is 3.51. The first-order valence-electron chi connectivity index (χ1n) is 10.3. The lowest BCUT2D eigenvalue weighted by molar-refractivity contribution is 0.0963. The zero-order chi connectivity index (χ0) is 20.6. The number of aryl methyl sites for hydroxylation is 1. The van der Waals surface area contributed by atoms with Crippen molar-refractivity contribution in [3.63, 3.8) is 0 Å². The monoisotopic (exact) mass is 393 g/mol. The van der Waals surface area contributed by atoms with Crippen LogP contribution in [0.5, 0.6) is 0 Å². The number of amides is 1. The second-order valence-corrected chi connectivity index (χ2v) is 7.39. The van der Waals surface area contributed by atoms with Gasteiger partial charge in [-0.05, 0) is 50.1 Å². The van der Waals surface area contributed by atoms with Crippen molar-refractivity contribution in [3.8, 4) is 0 Å². The van der Waals surface area contributed by atoms with E-state index in [1.54, 1.807) is 7.05 Å². The van der Waals surface area contributed by atoms with Gasteiger partial charge >= 0.3 is 0 Å². The minimum Gasteiger partial charge on any atom is -0.369 e. The van der Waals surface area contributed by atoms with Gasteiger partial charge < -0.3 is 20.9 Å². The summed E-state index contributed by atoms with van der Waals surface area (Å²) in [5.74, 6) is 0.733. The van der Waals surface area contributed by atoms with Crippen molar-refractivity contribution in [1.29, 1.82) is 0 Å². The highest BCUT2D eigenvalue weighted by Crippen LogP contribution is 2.20. The number of carbonyl (C=O) groups excluding carboxylic acids is 1. The molecule has 3 rings (SSSR count). The van der Waals surface area contributed by atoms with E-state index in [2.05, 4.69) is 59.0 Å². The molecule has 1 unspecified atom stereocenters. The lowest BCUT2D eigenvalue weighted by Gasteiger charge is -2.20. The van der Waals surface area contributed by atoms with E-state index in [4.69, 9.17) is 4.99 Å². The standard InChI is InChI=1S/C23H31N5O/c1-4-25-23(26-15-18-6-5-7-19(14-18)22(29)24-3)27-20-12-13-28(16-20)21-10-8-17(2)9-11-21/h5-11,14,20H,4,12-13,15-16H2,1-3H3,(H,24,29)(H2,25,26,27). The molecule has 3 N–H and O–H groups in total. The summed E-state index contributed by atoms with van der Waals surface area (Å²) in [6.45, 7) is 7.50. The van der Waals surface area contributed by atoms with Crippen molar-refractivity contribution in [1.82, 2.24) is 16.0 Å². The summed E-state index contributed by atoms with van der Waals surface area (Å²) >= 11 is 0. The molecule has 0 saturated carbocycles. The summed E-state index contributed by atoms with van der Waals surface area (Å²) in [6, 6.07) is 16.6. The molecule has 6 nitrogen and oxygen atoms in total. The van der Waals surface area contributed by atoms with Gasteiger partial charge in [-0.2, -0.15) is 0 Å². The van der Waals surface area contributed by atoms with Crippen LogP contribution in [0.3, 0.4) is 0 Å². The molecule has 154 valence electrons. The van der Waals surface area contributed by atoms with E-state index in [1.165, 1.54) is 11.3 Å². The maximum absolute atomic E-state index is 11.8. The molecule has 1 aliphatic heterocycles. The van der Waals surface area contributed by atoms with Crippen LogP contribution in [-0.2, 0) is 6.54 Å². The van der Waals surface area contributed by atoms with E-state index in [-0.39, 0.29) is 5.91 Å². The predicted molar refractivity (Wildman–Crippen MR) is 120 cm³/mol. The number of carbonyl (C=O) groups is 1. The molecule has 0 radical (unpaired) electrons. The normalized spacial score (nSPS) is 16.6. The minimum atomic E-state index is -0.0805. The maximum atomic E-state index is 11.8. The predicted octanol–water partition coefficient (Wildman–Crippen LogP) is 2.69. The summed E-state index contributed by atoms with van der Waals surface area (Å²) in [4.78, 5) is 19.0. The van der Waals surface area contributed by atoms with Gasteiger partial charge in [0.1, 0.15) is 0 Å². The molecule has 1 atom stereocenters. The van der Waals surface area contributed by atoms with Crippen molar-refractivity contribution < 1.29 is 4.79 Å². The minimum absolute atomic E-state index is 0.0805. The summed E-state index contributed by atoms with van der Waals surface area (Å²) in [7, 11) is 1.64. The van der Waals surface area contributed by atoms with Crippen LogP contribution in [0.25, 0.3) is 0 Å². The third kappa shape index (κ3) is 5.73. The molecule has 6 heteroatoms. The summed E-state index contributed by atoms with van der Waals surface area (Å²) in [6.07, 6.45) is 1.07. The smallest absolute Gasteiger partial charge is 0.251 e. The lowest BCUT2D eigenvalue weighted by atomic mass is 10.1. The molecular formula is C23H31N5O. The molecule has 1 saturated heterocycles. The molecule has 1 amide bonds. The number of nitrogens with zero attached hydrogens (tertiary/aromatic N) is 2. The van der Waals surface area contributed by atoms with Gasteiger partial charge in [0.2, 0.25) is 0 Å². The van der Waals surface area contributed by atoms with Gasteiger partial charge in [0.15, 0.2) is 5.96 Å². The highest BCUT2D eigenvalue weighted by molar-refractivity contribution is 5.94. The Labute approximate surface area is 173 Å². The number of nitrogens with one attached hydrogen (secondary N) is 3. The average molecular weight is 394 g/mol. The summed E-state index contributed by atoms with van der Waals surface area (Å²) in [5.41, 5.74) is 4.22. The zero-order valence-corrected chi connectivity index (χ0v) is 17.5. The molecule has 1 aliphatic rings. The third-order valence-corrected chi connectivity index (χ3v) is 5.11. The molecule has 29 heavy (non-hydrogen) atoms. The van der Waals surface area contributed by atoms with E-state index < -0.39 is 0 Å². The first kappa shape index (κ1) is 20.7. The molecule has 0 aromatic heterocycles. The molecule has 0 bridgehead atoms. The Morgan fingerprint density at radius 3 is 2.72 bits per heavy atom. The second kappa shape index (κ2) is 9.96. The Morgan fingerprint density at radius 2 is 2.00 bits per heavy atom. The lowest BCUT2D eigenvalue weighted by Crippen LogP contribution is -2.44. The largest absolute Gasteiger partial charge is 0.369 e. The third-order valence-electron chi connectivity index (χ3n) is 5.11. The van der Waals surface area contributed by atoms with Gasteiger partial charge in [-0.15, -0.1) is 0 Å². The number of hydrogen-bond acceptors (Lipinski definition) is 3. The van der Waals surface area contributed by atoms with Gasteiger partial charge in [-0.3, -0.25) is 4.79 Å². The topological polar surface area (TPSA) is 68.8 Å². The number of benzene rings is 2. The van der Waals surface area contributed by atoms with Crippen LogP contribution < -0.4 is 20.9 Å². The average Bonchev–Trinajstić information content (AvgIpc) is 3.21. The zero-order valence-electron chi connectivity index (χ0n) is 17.5. The van der Waals surface area contributed by atoms with E-state index in [1.807, 2.05) is 24.3 Å². The van der Waals surface area contributed by atoms with Gasteiger partial charge in [0, 0.05) is 44.0 Å². The van der Waals surface area contributed by atoms with Crippen LogP contribution in [-0.4, -0.2) is 44.6 Å². The fourth-order valence-corrected chi connectivity index (χ4v) is 3.51. The Kier molecular flexibility index (Phi) is 7.11. The first-order chi connectivity index (χ1) is 14.1. The van der Waals surface area contributed by atoms with E-state index in [9.17, 15) is 4.79 Å². The number of hydrogen-bond donors (Lipinski definition) is 3. The molecule has 0 aliphatic carbocycles.